The van der Waals surface area contributed by atoms with Crippen LogP contribution >= 0.6 is 96.9 Å². The summed E-state index contributed by atoms with van der Waals surface area (Å²) in [4.78, 5) is 2.49. The summed E-state index contributed by atoms with van der Waals surface area (Å²) in [5.41, 5.74) is 0. The molecule has 0 aliphatic carbocycles. The number of hydrogen-bond donors (Lipinski definition) is 4. The fraction of sp³-hybridized carbons (Fsp3) is 0. The van der Waals surface area contributed by atoms with Crippen molar-refractivity contribution in [3.63, 3.8) is 0 Å². The molecule has 0 fully saturated rings. The monoisotopic (exact) mass is 478 g/mol. The van der Waals surface area contributed by atoms with Crippen molar-refractivity contribution >= 4 is 96.9 Å². The maximum absolute atomic E-state index is 5.70. The molecule has 0 N–H and O–H groups in total. The van der Waals surface area contributed by atoms with E-state index in [0.717, 1.165) is 0 Å². The average Bonchev–Trinajstić information content (AvgIpc) is 2.43. The third-order valence-electron chi connectivity index (χ3n) is 2.11. The number of halogens is 4. The van der Waals surface area contributed by atoms with Crippen LogP contribution in [0.15, 0.2) is 43.8 Å². The zero-order valence-electron chi connectivity index (χ0n) is 9.93. The second kappa shape index (κ2) is 10.4. The van der Waals surface area contributed by atoms with Gasteiger partial charge in [0.2, 0.25) is 0 Å². The minimum Gasteiger partial charge on any atom is -0.141 e. The Morgan fingerprint density at radius 1 is 0.476 bits per heavy atom. The number of thiol groups is 4. The molecule has 21 heavy (non-hydrogen) atoms. The van der Waals surface area contributed by atoms with E-state index in [-0.39, 0.29) is 16.5 Å². The maximum atomic E-state index is 5.70. The number of hydrogen-bond acceptors (Lipinski definition) is 4. The predicted octanol–water partition coefficient (Wildman–Crippen LogP) is 7.14. The molecule has 9 heteroatoms. The van der Waals surface area contributed by atoms with E-state index in [9.17, 15) is 0 Å². The Morgan fingerprint density at radius 3 is 0.762 bits per heavy atom. The topological polar surface area (TPSA) is 0 Å². The largest absolute Gasteiger partial charge is 0.141 e. The van der Waals surface area contributed by atoms with Crippen molar-refractivity contribution in [3.8, 4) is 0 Å². The average molecular weight is 481 g/mol. The molecule has 0 aliphatic heterocycles. The van der Waals surface area contributed by atoms with Gasteiger partial charge in [0, 0.05) is 36.1 Å². The Hall–Kier alpha value is 1.49. The minimum absolute atomic E-state index is 0. The second-order valence-electron chi connectivity index (χ2n) is 3.45. The van der Waals surface area contributed by atoms with Crippen molar-refractivity contribution < 1.29 is 16.5 Å². The molecular formula is C12H8Cl4NiS4. The van der Waals surface area contributed by atoms with Gasteiger partial charge < -0.3 is 0 Å². The Morgan fingerprint density at radius 2 is 0.619 bits per heavy atom. The maximum Gasteiger partial charge on any atom is 0.0551 e. The molecule has 0 nitrogen and oxygen atoms in total. The number of benzene rings is 2. The molecule has 0 atom stereocenters. The van der Waals surface area contributed by atoms with Crippen molar-refractivity contribution in [2.75, 3.05) is 0 Å². The third-order valence-corrected chi connectivity index (χ3v) is 6.10. The van der Waals surface area contributed by atoms with Crippen molar-refractivity contribution in [2.45, 2.75) is 19.6 Å². The van der Waals surface area contributed by atoms with Gasteiger partial charge in [-0.05, 0) is 24.3 Å². The first-order chi connectivity index (χ1) is 9.25. The molecular weight excluding hydrogens is 473 g/mol. The van der Waals surface area contributed by atoms with E-state index in [0.29, 0.717) is 39.7 Å². The van der Waals surface area contributed by atoms with Gasteiger partial charge in [-0.25, -0.2) is 0 Å². The van der Waals surface area contributed by atoms with Crippen LogP contribution in [0.3, 0.4) is 0 Å². The predicted molar refractivity (Wildman–Crippen MR) is 102 cm³/mol. The molecule has 0 radical (unpaired) electrons. The van der Waals surface area contributed by atoms with Gasteiger partial charge in [0.05, 0.1) is 20.1 Å². The molecule has 118 valence electrons. The summed E-state index contributed by atoms with van der Waals surface area (Å²) in [6.45, 7) is 0. The molecule has 0 spiro atoms. The summed E-state index contributed by atoms with van der Waals surface area (Å²) in [5, 5.41) is 2.27. The SMILES string of the molecule is Sc1c(Cl)ccc(Cl)c1S.Sc1c(Cl)ccc(Cl)c1S.[Ni]. The van der Waals surface area contributed by atoms with Crippen molar-refractivity contribution in [3.05, 3.63) is 44.4 Å². The Bertz CT molecular complexity index is 528. The smallest absolute Gasteiger partial charge is 0.0551 e. The van der Waals surface area contributed by atoms with Gasteiger partial charge in [-0.3, -0.25) is 0 Å². The fourth-order valence-corrected chi connectivity index (χ4v) is 2.73. The molecule has 0 heterocycles. The van der Waals surface area contributed by atoms with Crippen LogP contribution < -0.4 is 0 Å². The second-order valence-corrected chi connectivity index (χ2v) is 6.87. The molecule has 2 aromatic rings. The van der Waals surface area contributed by atoms with E-state index in [1.807, 2.05) is 0 Å². The normalized spacial score (nSPS) is 9.52. The van der Waals surface area contributed by atoms with E-state index in [1.54, 1.807) is 24.3 Å². The van der Waals surface area contributed by atoms with Gasteiger partial charge in [-0.15, -0.1) is 50.5 Å². The van der Waals surface area contributed by atoms with Crippen LogP contribution in [0.4, 0.5) is 0 Å². The van der Waals surface area contributed by atoms with Crippen LogP contribution in [0, 0.1) is 0 Å². The summed E-state index contributed by atoms with van der Waals surface area (Å²) in [6, 6.07) is 6.75. The van der Waals surface area contributed by atoms with Crippen LogP contribution in [-0.4, -0.2) is 0 Å². The van der Waals surface area contributed by atoms with E-state index in [1.165, 1.54) is 0 Å². The van der Waals surface area contributed by atoms with Gasteiger partial charge >= 0.3 is 0 Å². The van der Waals surface area contributed by atoms with Crippen LogP contribution in [0.5, 0.6) is 0 Å². The van der Waals surface area contributed by atoms with E-state index in [2.05, 4.69) is 50.5 Å². The summed E-state index contributed by atoms with van der Waals surface area (Å²) >= 11 is 39.2. The molecule has 2 rings (SSSR count). The van der Waals surface area contributed by atoms with Crippen molar-refractivity contribution in [1.29, 1.82) is 0 Å². The number of rotatable bonds is 0. The summed E-state index contributed by atoms with van der Waals surface area (Å²) in [6.07, 6.45) is 0. The van der Waals surface area contributed by atoms with E-state index in [4.69, 9.17) is 46.4 Å². The molecule has 0 unspecified atom stereocenters. The van der Waals surface area contributed by atoms with Crippen LogP contribution in [-0.2, 0) is 16.5 Å². The fourth-order valence-electron chi connectivity index (χ4n) is 1.06. The summed E-state index contributed by atoms with van der Waals surface area (Å²) in [5.74, 6) is 0. The van der Waals surface area contributed by atoms with Crippen molar-refractivity contribution in [1.82, 2.24) is 0 Å². The molecule has 0 saturated carbocycles. The molecule has 0 saturated heterocycles. The zero-order chi connectivity index (χ0) is 15.4. The first-order valence-corrected chi connectivity index (χ1v) is 8.27. The molecule has 0 amide bonds. The Balaban J connectivity index is 0.000000364. The molecule has 0 bridgehead atoms. The summed E-state index contributed by atoms with van der Waals surface area (Å²) < 4.78 is 0. The molecule has 2 aromatic carbocycles. The first kappa shape index (κ1) is 22.5. The van der Waals surface area contributed by atoms with Crippen molar-refractivity contribution in [2.24, 2.45) is 0 Å². The molecule has 0 aliphatic rings. The van der Waals surface area contributed by atoms with Gasteiger partial charge in [-0.1, -0.05) is 46.4 Å². The third kappa shape index (κ3) is 6.48. The summed E-state index contributed by atoms with van der Waals surface area (Å²) in [7, 11) is 0. The van der Waals surface area contributed by atoms with Gasteiger partial charge in [-0.2, -0.15) is 0 Å². The van der Waals surface area contributed by atoms with Crippen LogP contribution in [0.1, 0.15) is 0 Å². The van der Waals surface area contributed by atoms with E-state index < -0.39 is 0 Å². The standard InChI is InChI=1S/2C6H4Cl2S2.Ni/c2*7-3-1-2-4(8)6(10)5(3)9;/h2*1-2,9-10H;. The van der Waals surface area contributed by atoms with Crippen LogP contribution in [0.25, 0.3) is 0 Å². The minimum atomic E-state index is 0. The van der Waals surface area contributed by atoms with Crippen LogP contribution in [0.2, 0.25) is 20.1 Å². The molecule has 0 aromatic heterocycles. The zero-order valence-corrected chi connectivity index (χ0v) is 17.5. The Kier molecular flexibility index (Phi) is 11.1. The van der Waals surface area contributed by atoms with Gasteiger partial charge in [0.15, 0.2) is 0 Å². The quantitative estimate of drug-likeness (QED) is 0.223. The van der Waals surface area contributed by atoms with Gasteiger partial charge in [0.25, 0.3) is 0 Å². The van der Waals surface area contributed by atoms with E-state index >= 15 is 0 Å². The Labute approximate surface area is 175 Å². The first-order valence-electron chi connectivity index (χ1n) is 4.97. The van der Waals surface area contributed by atoms with Gasteiger partial charge in [0.1, 0.15) is 0 Å².